The van der Waals surface area contributed by atoms with E-state index in [1.54, 1.807) is 18.2 Å². The Morgan fingerprint density at radius 2 is 1.68 bits per heavy atom. The number of anilines is 1. The van der Waals surface area contributed by atoms with Gasteiger partial charge in [-0.25, -0.2) is 8.42 Å². The smallest absolute Gasteiger partial charge is 0.242 e. The lowest BCUT2D eigenvalue weighted by atomic mass is 10.2. The van der Waals surface area contributed by atoms with Gasteiger partial charge in [0.05, 0.1) is 43.0 Å². The van der Waals surface area contributed by atoms with E-state index in [-0.39, 0.29) is 9.92 Å². The summed E-state index contributed by atoms with van der Waals surface area (Å²) in [6, 6.07) is 7.81. The molecule has 8 nitrogen and oxygen atoms in total. The number of rotatable bonds is 8. The third kappa shape index (κ3) is 5.06. The summed E-state index contributed by atoms with van der Waals surface area (Å²) >= 11 is 5.98. The molecule has 2 aromatic rings. The fourth-order valence-electron chi connectivity index (χ4n) is 2.31. The van der Waals surface area contributed by atoms with Gasteiger partial charge in [0, 0.05) is 6.07 Å². The lowest BCUT2D eigenvalue weighted by molar-refractivity contribution is -0.117. The Hall–Kier alpha value is -2.49. The standard InChI is InChI=1S/C18H21ClN2O6S/c1-11(18(22)20-15-7-5-12(25-2)9-17(15)27-4)21-28(23,24)13-6-8-16(26-3)14(19)10-13/h5-11,21H,1-4H3,(H,20,22)/t11-/m0/s1. The van der Waals surface area contributed by atoms with Crippen LogP contribution in [0.3, 0.4) is 0 Å². The highest BCUT2D eigenvalue weighted by molar-refractivity contribution is 7.89. The van der Waals surface area contributed by atoms with E-state index in [0.29, 0.717) is 22.9 Å². The lowest BCUT2D eigenvalue weighted by Crippen LogP contribution is -2.41. The summed E-state index contributed by atoms with van der Waals surface area (Å²) < 4.78 is 42.7. The molecule has 2 aromatic carbocycles. The van der Waals surface area contributed by atoms with E-state index in [1.807, 2.05) is 0 Å². The molecule has 1 atom stereocenters. The summed E-state index contributed by atoms with van der Waals surface area (Å²) in [6.45, 7) is 1.42. The molecule has 0 saturated heterocycles. The first-order chi connectivity index (χ1) is 13.2. The molecule has 2 rings (SSSR count). The molecule has 152 valence electrons. The van der Waals surface area contributed by atoms with Gasteiger partial charge < -0.3 is 19.5 Å². The van der Waals surface area contributed by atoms with Gasteiger partial charge in [-0.2, -0.15) is 4.72 Å². The first kappa shape index (κ1) is 21.8. The number of methoxy groups -OCH3 is 3. The quantitative estimate of drug-likeness (QED) is 0.670. The Labute approximate surface area is 168 Å². The van der Waals surface area contributed by atoms with Crippen LogP contribution in [0.2, 0.25) is 5.02 Å². The summed E-state index contributed by atoms with van der Waals surface area (Å²) in [5, 5.41) is 2.77. The second-order valence-electron chi connectivity index (χ2n) is 5.69. The normalized spacial score (nSPS) is 12.2. The molecular weight excluding hydrogens is 408 g/mol. The highest BCUT2D eigenvalue weighted by atomic mass is 35.5. The van der Waals surface area contributed by atoms with Crippen LogP contribution < -0.4 is 24.2 Å². The number of sulfonamides is 1. The number of nitrogens with one attached hydrogen (secondary N) is 2. The van der Waals surface area contributed by atoms with Crippen molar-refractivity contribution in [3.8, 4) is 17.2 Å². The predicted octanol–water partition coefficient (Wildman–Crippen LogP) is 2.67. The summed E-state index contributed by atoms with van der Waals surface area (Å²) in [5.41, 5.74) is 0.381. The van der Waals surface area contributed by atoms with Crippen molar-refractivity contribution < 1.29 is 27.4 Å². The van der Waals surface area contributed by atoms with Crippen LogP contribution in [-0.4, -0.2) is 41.7 Å². The van der Waals surface area contributed by atoms with Crippen molar-refractivity contribution in [3.63, 3.8) is 0 Å². The molecular formula is C18H21ClN2O6S. The average Bonchev–Trinajstić information content (AvgIpc) is 2.67. The van der Waals surface area contributed by atoms with E-state index in [1.165, 1.54) is 46.5 Å². The van der Waals surface area contributed by atoms with E-state index in [0.717, 1.165) is 0 Å². The highest BCUT2D eigenvalue weighted by Gasteiger charge is 2.23. The van der Waals surface area contributed by atoms with Gasteiger partial charge in [-0.05, 0) is 37.3 Å². The Kier molecular flexibility index (Phi) is 7.11. The molecule has 0 bridgehead atoms. The molecule has 0 saturated carbocycles. The van der Waals surface area contributed by atoms with Crippen LogP contribution in [0.25, 0.3) is 0 Å². The minimum absolute atomic E-state index is 0.0834. The Bertz CT molecular complexity index is 965. The number of halogens is 1. The van der Waals surface area contributed by atoms with Gasteiger partial charge in [0.1, 0.15) is 17.2 Å². The largest absolute Gasteiger partial charge is 0.497 e. The third-order valence-electron chi connectivity index (χ3n) is 3.83. The van der Waals surface area contributed by atoms with Gasteiger partial charge in [-0.3, -0.25) is 4.79 Å². The molecule has 0 aliphatic carbocycles. The van der Waals surface area contributed by atoms with Gasteiger partial charge in [-0.1, -0.05) is 11.6 Å². The molecule has 10 heteroatoms. The molecule has 0 spiro atoms. The molecule has 2 N–H and O–H groups in total. The maximum Gasteiger partial charge on any atom is 0.242 e. The van der Waals surface area contributed by atoms with E-state index < -0.39 is 22.0 Å². The molecule has 28 heavy (non-hydrogen) atoms. The molecule has 0 unspecified atom stereocenters. The van der Waals surface area contributed by atoms with Crippen LogP contribution in [-0.2, 0) is 14.8 Å². The zero-order valence-electron chi connectivity index (χ0n) is 15.8. The van der Waals surface area contributed by atoms with E-state index in [9.17, 15) is 13.2 Å². The SMILES string of the molecule is COc1ccc(NC(=O)[C@H](C)NS(=O)(=O)c2ccc(OC)c(Cl)c2)c(OC)c1. The first-order valence-electron chi connectivity index (χ1n) is 8.10. The molecule has 0 aromatic heterocycles. The van der Waals surface area contributed by atoms with Crippen molar-refractivity contribution in [2.24, 2.45) is 0 Å². The minimum Gasteiger partial charge on any atom is -0.497 e. The van der Waals surface area contributed by atoms with Crippen molar-refractivity contribution >= 4 is 33.2 Å². The summed E-state index contributed by atoms with van der Waals surface area (Å²) in [6.07, 6.45) is 0. The second-order valence-corrected chi connectivity index (χ2v) is 7.82. The molecule has 0 fully saturated rings. The fourth-order valence-corrected chi connectivity index (χ4v) is 3.86. The van der Waals surface area contributed by atoms with Crippen LogP contribution in [0, 0.1) is 0 Å². The van der Waals surface area contributed by atoms with E-state index >= 15 is 0 Å². The topological polar surface area (TPSA) is 103 Å². The van der Waals surface area contributed by atoms with Crippen molar-refractivity contribution in [2.75, 3.05) is 26.6 Å². The summed E-state index contributed by atoms with van der Waals surface area (Å²) in [4.78, 5) is 12.4. The average molecular weight is 429 g/mol. The van der Waals surface area contributed by atoms with Crippen molar-refractivity contribution in [2.45, 2.75) is 17.9 Å². The number of carbonyl (C=O) groups excluding carboxylic acids is 1. The van der Waals surface area contributed by atoms with E-state index in [2.05, 4.69) is 10.0 Å². The number of ether oxygens (including phenoxy) is 3. The number of amides is 1. The predicted molar refractivity (Wildman–Crippen MR) is 106 cm³/mol. The number of benzene rings is 2. The van der Waals surface area contributed by atoms with Crippen LogP contribution in [0.15, 0.2) is 41.3 Å². The molecule has 0 aliphatic rings. The van der Waals surface area contributed by atoms with Gasteiger partial charge in [0.2, 0.25) is 15.9 Å². The minimum atomic E-state index is -3.97. The van der Waals surface area contributed by atoms with Crippen molar-refractivity contribution in [1.29, 1.82) is 0 Å². The zero-order valence-corrected chi connectivity index (χ0v) is 17.3. The molecule has 1 amide bonds. The van der Waals surface area contributed by atoms with E-state index in [4.69, 9.17) is 25.8 Å². The van der Waals surface area contributed by atoms with Crippen LogP contribution in [0.4, 0.5) is 5.69 Å². The highest BCUT2D eigenvalue weighted by Crippen LogP contribution is 2.29. The monoisotopic (exact) mass is 428 g/mol. The zero-order chi connectivity index (χ0) is 20.9. The molecule has 0 aliphatic heterocycles. The Balaban J connectivity index is 2.14. The van der Waals surface area contributed by atoms with Crippen LogP contribution in [0.1, 0.15) is 6.92 Å². The number of hydrogen-bond donors (Lipinski definition) is 2. The maximum atomic E-state index is 12.5. The molecule has 0 heterocycles. The Morgan fingerprint density at radius 1 is 1.00 bits per heavy atom. The molecule has 0 radical (unpaired) electrons. The summed E-state index contributed by atoms with van der Waals surface area (Å²) in [5.74, 6) is 0.717. The van der Waals surface area contributed by atoms with Gasteiger partial charge >= 0.3 is 0 Å². The fraction of sp³-hybridized carbons (Fsp3) is 0.278. The maximum absolute atomic E-state index is 12.5. The van der Waals surface area contributed by atoms with Gasteiger partial charge in [0.25, 0.3) is 0 Å². The first-order valence-corrected chi connectivity index (χ1v) is 9.96. The van der Waals surface area contributed by atoms with Crippen LogP contribution >= 0.6 is 11.6 Å². The van der Waals surface area contributed by atoms with Crippen LogP contribution in [0.5, 0.6) is 17.2 Å². The number of hydrogen-bond acceptors (Lipinski definition) is 6. The van der Waals surface area contributed by atoms with Gasteiger partial charge in [-0.15, -0.1) is 0 Å². The van der Waals surface area contributed by atoms with Crippen molar-refractivity contribution in [1.82, 2.24) is 4.72 Å². The lowest BCUT2D eigenvalue weighted by Gasteiger charge is -2.16. The van der Waals surface area contributed by atoms with Gasteiger partial charge in [0.15, 0.2) is 0 Å². The number of carbonyl (C=O) groups is 1. The third-order valence-corrected chi connectivity index (χ3v) is 5.66. The summed E-state index contributed by atoms with van der Waals surface area (Å²) in [7, 11) is 0.409. The second kappa shape index (κ2) is 9.13. The Morgan fingerprint density at radius 3 is 2.25 bits per heavy atom. The van der Waals surface area contributed by atoms with Crippen molar-refractivity contribution in [3.05, 3.63) is 41.4 Å².